The van der Waals surface area contributed by atoms with Gasteiger partial charge in [-0.2, -0.15) is 15.6 Å². The van der Waals surface area contributed by atoms with E-state index in [1.807, 2.05) is 6.07 Å². The van der Waals surface area contributed by atoms with Crippen molar-refractivity contribution in [3.8, 4) is 12.1 Å². The highest BCUT2D eigenvalue weighted by Crippen LogP contribution is 2.45. The van der Waals surface area contributed by atoms with Gasteiger partial charge in [0.1, 0.15) is 42.1 Å². The maximum atomic E-state index is 9.46. The topological polar surface area (TPSA) is 146 Å². The predicted octanol–water partition coefficient (Wildman–Crippen LogP) is -0.312. The Kier molecular flexibility index (Phi) is 3.29. The van der Waals surface area contributed by atoms with E-state index in [2.05, 4.69) is 10.2 Å². The molecule has 2 saturated heterocycles. The SMILES string of the molecule is CC1(C)O[C@@H]2[C@H](O1)[C@@H]([C@@]1(N)N=NC(C#N)=C1C#N)O[C@H]2CO. The van der Waals surface area contributed by atoms with Crippen molar-refractivity contribution >= 4 is 0 Å². The fourth-order valence-electron chi connectivity index (χ4n) is 3.03. The monoisotopic (exact) mass is 305 g/mol. The van der Waals surface area contributed by atoms with E-state index >= 15 is 0 Å². The molecule has 0 aromatic rings. The number of nitrogens with zero attached hydrogens (tertiary/aromatic N) is 4. The van der Waals surface area contributed by atoms with Gasteiger partial charge in [0.2, 0.25) is 0 Å². The summed E-state index contributed by atoms with van der Waals surface area (Å²) >= 11 is 0. The molecule has 3 aliphatic heterocycles. The highest BCUT2D eigenvalue weighted by molar-refractivity contribution is 5.47. The van der Waals surface area contributed by atoms with E-state index in [0.717, 1.165) is 0 Å². The fourth-order valence-corrected chi connectivity index (χ4v) is 3.03. The zero-order valence-corrected chi connectivity index (χ0v) is 12.1. The quantitative estimate of drug-likeness (QED) is 0.711. The Morgan fingerprint density at radius 3 is 2.55 bits per heavy atom. The van der Waals surface area contributed by atoms with Crippen molar-refractivity contribution in [1.29, 1.82) is 10.5 Å². The second-order valence-electron chi connectivity index (χ2n) is 5.82. The molecule has 0 bridgehead atoms. The first-order valence-corrected chi connectivity index (χ1v) is 6.75. The summed E-state index contributed by atoms with van der Waals surface area (Å²) < 4.78 is 17.2. The van der Waals surface area contributed by atoms with E-state index in [4.69, 9.17) is 25.2 Å². The Morgan fingerprint density at radius 1 is 1.27 bits per heavy atom. The fraction of sp³-hybridized carbons (Fsp3) is 0.692. The highest BCUT2D eigenvalue weighted by Gasteiger charge is 2.62. The smallest absolute Gasteiger partial charge is 0.197 e. The molecule has 0 amide bonds. The van der Waals surface area contributed by atoms with Gasteiger partial charge in [-0.05, 0) is 13.8 Å². The molecule has 0 aliphatic carbocycles. The number of azo groups is 1. The Hall–Kier alpha value is -1.88. The molecule has 3 heterocycles. The molecule has 0 radical (unpaired) electrons. The number of hydrogen-bond donors (Lipinski definition) is 2. The Balaban J connectivity index is 1.99. The van der Waals surface area contributed by atoms with Gasteiger partial charge in [0.05, 0.1) is 6.61 Å². The normalized spacial score (nSPS) is 42.3. The van der Waals surface area contributed by atoms with Crippen molar-refractivity contribution in [2.75, 3.05) is 6.61 Å². The van der Waals surface area contributed by atoms with Crippen molar-refractivity contribution in [2.24, 2.45) is 16.0 Å². The number of hydrogen-bond acceptors (Lipinski definition) is 9. The molecule has 0 saturated carbocycles. The first kappa shape index (κ1) is 15.0. The van der Waals surface area contributed by atoms with E-state index in [0.29, 0.717) is 0 Å². The van der Waals surface area contributed by atoms with Crippen LogP contribution in [0.1, 0.15) is 13.8 Å². The lowest BCUT2D eigenvalue weighted by molar-refractivity contribution is -0.195. The molecular formula is C13H15N5O4. The molecule has 0 unspecified atom stereocenters. The number of rotatable bonds is 2. The molecule has 22 heavy (non-hydrogen) atoms. The van der Waals surface area contributed by atoms with E-state index in [-0.39, 0.29) is 17.9 Å². The molecule has 3 N–H and O–H groups in total. The van der Waals surface area contributed by atoms with Crippen molar-refractivity contribution in [3.63, 3.8) is 0 Å². The number of aliphatic hydroxyl groups excluding tert-OH is 1. The third-order valence-electron chi connectivity index (χ3n) is 3.93. The Labute approximate surface area is 126 Å². The second kappa shape index (κ2) is 4.81. The van der Waals surface area contributed by atoms with Gasteiger partial charge in [0, 0.05) is 0 Å². The van der Waals surface area contributed by atoms with Gasteiger partial charge in [0.15, 0.2) is 17.1 Å². The average molecular weight is 305 g/mol. The first-order chi connectivity index (χ1) is 10.4. The molecule has 9 heteroatoms. The van der Waals surface area contributed by atoms with Crippen LogP contribution in [0.5, 0.6) is 0 Å². The van der Waals surface area contributed by atoms with Crippen molar-refractivity contribution in [1.82, 2.24) is 0 Å². The van der Waals surface area contributed by atoms with E-state index in [9.17, 15) is 10.4 Å². The largest absolute Gasteiger partial charge is 0.394 e. The summed E-state index contributed by atoms with van der Waals surface area (Å²) in [4.78, 5) is 0. The van der Waals surface area contributed by atoms with Gasteiger partial charge >= 0.3 is 0 Å². The summed E-state index contributed by atoms with van der Waals surface area (Å²) in [6.45, 7) is 3.18. The van der Waals surface area contributed by atoms with Crippen LogP contribution in [0.25, 0.3) is 0 Å². The van der Waals surface area contributed by atoms with E-state index < -0.39 is 35.9 Å². The summed E-state index contributed by atoms with van der Waals surface area (Å²) in [5, 5.41) is 35.3. The zero-order chi connectivity index (χ0) is 16.1. The summed E-state index contributed by atoms with van der Waals surface area (Å²) in [5.74, 6) is -0.870. The van der Waals surface area contributed by atoms with Crippen LogP contribution in [-0.2, 0) is 14.2 Å². The molecule has 2 fully saturated rings. The lowest BCUT2D eigenvalue weighted by Crippen LogP contribution is -2.55. The van der Waals surface area contributed by atoms with Gasteiger partial charge in [-0.1, -0.05) is 0 Å². The van der Waals surface area contributed by atoms with Crippen molar-refractivity contribution in [3.05, 3.63) is 11.3 Å². The van der Waals surface area contributed by atoms with E-state index in [1.165, 1.54) is 0 Å². The van der Waals surface area contributed by atoms with Gasteiger partial charge < -0.3 is 19.3 Å². The van der Waals surface area contributed by atoms with Crippen LogP contribution in [0, 0.1) is 22.7 Å². The lowest BCUT2D eigenvalue weighted by Gasteiger charge is -2.31. The summed E-state index contributed by atoms with van der Waals surface area (Å²) in [6.07, 6.45) is -2.71. The number of fused-ring (bicyclic) bond motifs is 1. The van der Waals surface area contributed by atoms with Crippen molar-refractivity contribution in [2.45, 2.75) is 49.7 Å². The third kappa shape index (κ3) is 1.96. The Bertz CT molecular complexity index is 646. The molecule has 0 aromatic heterocycles. The van der Waals surface area contributed by atoms with Crippen LogP contribution < -0.4 is 5.73 Å². The van der Waals surface area contributed by atoms with Gasteiger partial charge in [0.25, 0.3) is 0 Å². The van der Waals surface area contributed by atoms with Crippen LogP contribution in [0.15, 0.2) is 21.5 Å². The van der Waals surface area contributed by atoms with Gasteiger partial charge in [-0.25, -0.2) is 0 Å². The average Bonchev–Trinajstić information content (AvgIpc) is 3.07. The Morgan fingerprint density at radius 2 is 1.95 bits per heavy atom. The number of nitriles is 2. The molecule has 0 aromatic carbocycles. The van der Waals surface area contributed by atoms with Crippen LogP contribution in [-0.4, -0.2) is 47.6 Å². The highest BCUT2D eigenvalue weighted by atomic mass is 16.8. The van der Waals surface area contributed by atoms with Crippen LogP contribution in [0.4, 0.5) is 0 Å². The molecule has 3 rings (SSSR count). The van der Waals surface area contributed by atoms with Crippen LogP contribution >= 0.6 is 0 Å². The summed E-state index contributed by atoms with van der Waals surface area (Å²) in [7, 11) is 0. The van der Waals surface area contributed by atoms with Crippen LogP contribution in [0.2, 0.25) is 0 Å². The van der Waals surface area contributed by atoms with Gasteiger partial charge in [-0.15, -0.1) is 5.11 Å². The zero-order valence-electron chi connectivity index (χ0n) is 12.1. The maximum absolute atomic E-state index is 9.46. The summed E-state index contributed by atoms with van der Waals surface area (Å²) in [6, 6.07) is 3.66. The summed E-state index contributed by atoms with van der Waals surface area (Å²) in [5.41, 5.74) is 4.36. The van der Waals surface area contributed by atoms with Crippen LogP contribution in [0.3, 0.4) is 0 Å². The first-order valence-electron chi connectivity index (χ1n) is 6.75. The molecule has 9 nitrogen and oxygen atoms in total. The molecule has 3 aliphatic rings. The molecule has 5 atom stereocenters. The number of aliphatic hydroxyl groups is 1. The molecule has 116 valence electrons. The number of ether oxygens (including phenoxy) is 3. The molecular weight excluding hydrogens is 290 g/mol. The minimum atomic E-state index is -1.63. The van der Waals surface area contributed by atoms with Crippen molar-refractivity contribution < 1.29 is 19.3 Å². The number of allylic oxidation sites excluding steroid dienone is 1. The molecule has 0 spiro atoms. The maximum Gasteiger partial charge on any atom is 0.197 e. The second-order valence-corrected chi connectivity index (χ2v) is 5.82. The lowest BCUT2D eigenvalue weighted by atomic mass is 9.91. The van der Waals surface area contributed by atoms with E-state index in [1.54, 1.807) is 19.9 Å². The standard InChI is InChI=1S/C13H15N5O4/c1-12(2)21-9-8(5-19)20-11(10(9)22-12)13(16)6(3-14)7(4-15)17-18-13/h8-11,19H,5,16H2,1-2H3/t8-,9-,10-,11-,13-/m0/s1. The minimum absolute atomic E-state index is 0.0781. The third-order valence-corrected chi connectivity index (χ3v) is 3.93. The number of nitrogens with two attached hydrogens (primary N) is 1. The predicted molar refractivity (Wildman–Crippen MR) is 69.6 cm³/mol. The van der Waals surface area contributed by atoms with Gasteiger partial charge in [-0.3, -0.25) is 5.73 Å². The minimum Gasteiger partial charge on any atom is -0.394 e.